The average molecular weight is 344 g/mol. The summed E-state index contributed by atoms with van der Waals surface area (Å²) in [7, 11) is 0. The first kappa shape index (κ1) is 16.3. The molecule has 26 heavy (non-hydrogen) atoms. The summed E-state index contributed by atoms with van der Waals surface area (Å²) in [5, 5.41) is 5.11. The number of hydrogen-bond donors (Lipinski definition) is 1. The summed E-state index contributed by atoms with van der Waals surface area (Å²) in [6.07, 6.45) is 0.466. The molecule has 2 amide bonds. The number of likely N-dealkylation sites (tertiary alicyclic amines) is 1. The molecule has 1 saturated heterocycles. The summed E-state index contributed by atoms with van der Waals surface area (Å²) in [6, 6.07) is 23.8. The number of amides is 2. The summed E-state index contributed by atoms with van der Waals surface area (Å²) < 4.78 is 0. The lowest BCUT2D eigenvalue weighted by Crippen LogP contribution is -2.34. The summed E-state index contributed by atoms with van der Waals surface area (Å²) >= 11 is 0. The normalized spacial score (nSPS) is 16.8. The molecular weight excluding hydrogens is 324 g/mol. The maximum Gasteiger partial charge on any atom is 0.243 e. The molecule has 4 rings (SSSR count). The molecule has 130 valence electrons. The first-order chi connectivity index (χ1) is 12.7. The first-order valence-electron chi connectivity index (χ1n) is 8.80. The molecular formula is C22H20N2O2. The second-order valence-electron chi connectivity index (χ2n) is 6.70. The fourth-order valence-corrected chi connectivity index (χ4v) is 3.51. The van der Waals surface area contributed by atoms with Crippen molar-refractivity contribution in [3.05, 3.63) is 78.4 Å². The molecule has 1 aliphatic rings. The minimum atomic E-state index is -0.164. The van der Waals surface area contributed by atoms with Crippen molar-refractivity contribution in [3.63, 3.8) is 0 Å². The van der Waals surface area contributed by atoms with E-state index in [1.807, 2.05) is 72.8 Å². The molecule has 0 saturated carbocycles. The smallest absolute Gasteiger partial charge is 0.243 e. The van der Waals surface area contributed by atoms with Gasteiger partial charge < -0.3 is 10.2 Å². The van der Waals surface area contributed by atoms with E-state index in [2.05, 4.69) is 5.32 Å². The average Bonchev–Trinajstić information content (AvgIpc) is 3.03. The van der Waals surface area contributed by atoms with Gasteiger partial charge in [0.2, 0.25) is 11.8 Å². The van der Waals surface area contributed by atoms with Crippen LogP contribution in [0.25, 0.3) is 10.8 Å². The van der Waals surface area contributed by atoms with E-state index in [-0.39, 0.29) is 24.3 Å². The van der Waals surface area contributed by atoms with Crippen LogP contribution in [0.4, 0.5) is 5.69 Å². The van der Waals surface area contributed by atoms with Gasteiger partial charge in [-0.1, -0.05) is 60.7 Å². The van der Waals surface area contributed by atoms with E-state index < -0.39 is 0 Å². The molecule has 4 nitrogen and oxygen atoms in total. The Labute approximate surface area is 152 Å². The van der Waals surface area contributed by atoms with Gasteiger partial charge in [0.15, 0.2) is 0 Å². The molecule has 1 N–H and O–H groups in total. The van der Waals surface area contributed by atoms with Gasteiger partial charge in [0, 0.05) is 24.6 Å². The molecule has 1 aliphatic heterocycles. The van der Waals surface area contributed by atoms with Gasteiger partial charge in [0.05, 0.1) is 6.54 Å². The molecule has 0 radical (unpaired) electrons. The quantitative estimate of drug-likeness (QED) is 0.783. The fraction of sp³-hybridized carbons (Fsp3) is 0.182. The van der Waals surface area contributed by atoms with Crippen LogP contribution in [0.2, 0.25) is 0 Å². The van der Waals surface area contributed by atoms with Crippen molar-refractivity contribution in [2.75, 3.05) is 18.4 Å². The Kier molecular flexibility index (Phi) is 4.40. The largest absolute Gasteiger partial charge is 0.333 e. The van der Waals surface area contributed by atoms with Crippen LogP contribution >= 0.6 is 0 Å². The van der Waals surface area contributed by atoms with E-state index >= 15 is 0 Å². The predicted molar refractivity (Wildman–Crippen MR) is 103 cm³/mol. The van der Waals surface area contributed by atoms with Gasteiger partial charge in [-0.25, -0.2) is 0 Å². The Morgan fingerprint density at radius 2 is 1.69 bits per heavy atom. The highest BCUT2D eigenvalue weighted by molar-refractivity contribution is 5.97. The van der Waals surface area contributed by atoms with Gasteiger partial charge >= 0.3 is 0 Å². The lowest BCUT2D eigenvalue weighted by atomic mass is 9.99. The zero-order valence-corrected chi connectivity index (χ0v) is 14.4. The molecule has 0 aromatic heterocycles. The van der Waals surface area contributed by atoms with Crippen molar-refractivity contribution in [1.29, 1.82) is 0 Å². The number of fused-ring (bicyclic) bond motifs is 1. The summed E-state index contributed by atoms with van der Waals surface area (Å²) in [6.45, 7) is 0.684. The third-order valence-electron chi connectivity index (χ3n) is 4.85. The minimum Gasteiger partial charge on any atom is -0.333 e. The second-order valence-corrected chi connectivity index (χ2v) is 6.70. The molecule has 0 bridgehead atoms. The Balaban J connectivity index is 1.40. The fourth-order valence-electron chi connectivity index (χ4n) is 3.51. The monoisotopic (exact) mass is 344 g/mol. The van der Waals surface area contributed by atoms with Crippen molar-refractivity contribution in [2.24, 2.45) is 0 Å². The van der Waals surface area contributed by atoms with Crippen LogP contribution < -0.4 is 5.32 Å². The lowest BCUT2D eigenvalue weighted by molar-refractivity contribution is -0.131. The van der Waals surface area contributed by atoms with Gasteiger partial charge in [-0.15, -0.1) is 0 Å². The number of nitrogens with zero attached hydrogens (tertiary/aromatic N) is 1. The molecule has 3 aromatic carbocycles. The minimum absolute atomic E-state index is 0.0347. The van der Waals surface area contributed by atoms with Crippen molar-refractivity contribution < 1.29 is 9.59 Å². The highest BCUT2D eigenvalue weighted by atomic mass is 16.2. The van der Waals surface area contributed by atoms with Crippen LogP contribution in [-0.4, -0.2) is 29.8 Å². The SMILES string of the molecule is O=C(CN1C[C@H](c2ccccc2)CC1=O)Nc1ccc2ccccc2c1. The molecule has 1 heterocycles. The first-order valence-corrected chi connectivity index (χ1v) is 8.80. The van der Waals surface area contributed by atoms with Crippen LogP contribution in [-0.2, 0) is 9.59 Å². The second kappa shape index (κ2) is 7.00. The van der Waals surface area contributed by atoms with E-state index in [0.29, 0.717) is 13.0 Å². The van der Waals surface area contributed by atoms with Crippen molar-refractivity contribution >= 4 is 28.3 Å². The molecule has 0 spiro atoms. The van der Waals surface area contributed by atoms with Crippen LogP contribution in [0, 0.1) is 0 Å². The number of carbonyl (C=O) groups excluding carboxylic acids is 2. The van der Waals surface area contributed by atoms with E-state index in [1.165, 1.54) is 0 Å². The van der Waals surface area contributed by atoms with Crippen LogP contribution in [0.15, 0.2) is 72.8 Å². The Morgan fingerprint density at radius 3 is 2.50 bits per heavy atom. The lowest BCUT2D eigenvalue weighted by Gasteiger charge is -2.16. The zero-order chi connectivity index (χ0) is 17.9. The maximum absolute atomic E-state index is 12.4. The van der Waals surface area contributed by atoms with Crippen LogP contribution in [0.3, 0.4) is 0 Å². The van der Waals surface area contributed by atoms with Crippen LogP contribution in [0.5, 0.6) is 0 Å². The number of carbonyl (C=O) groups is 2. The summed E-state index contributed by atoms with van der Waals surface area (Å²) in [5.74, 6) is 0.0343. The van der Waals surface area contributed by atoms with E-state index in [4.69, 9.17) is 0 Å². The van der Waals surface area contributed by atoms with E-state index in [1.54, 1.807) is 4.90 Å². The van der Waals surface area contributed by atoms with Gasteiger partial charge in [0.1, 0.15) is 0 Å². The number of hydrogen-bond acceptors (Lipinski definition) is 2. The third kappa shape index (κ3) is 3.45. The van der Waals surface area contributed by atoms with Gasteiger partial charge in [-0.3, -0.25) is 9.59 Å². The molecule has 1 atom stereocenters. The van der Waals surface area contributed by atoms with Gasteiger partial charge in [0.25, 0.3) is 0 Å². The van der Waals surface area contributed by atoms with Crippen molar-refractivity contribution in [1.82, 2.24) is 4.90 Å². The highest BCUT2D eigenvalue weighted by Crippen LogP contribution is 2.27. The number of anilines is 1. The van der Waals surface area contributed by atoms with E-state index in [0.717, 1.165) is 22.0 Å². The van der Waals surface area contributed by atoms with E-state index in [9.17, 15) is 9.59 Å². The summed E-state index contributed by atoms with van der Waals surface area (Å²) in [5.41, 5.74) is 1.90. The molecule has 1 fully saturated rings. The zero-order valence-electron chi connectivity index (χ0n) is 14.4. The molecule has 3 aromatic rings. The molecule has 0 aliphatic carbocycles. The van der Waals surface area contributed by atoms with Crippen molar-refractivity contribution in [2.45, 2.75) is 12.3 Å². The standard InChI is InChI=1S/C22H20N2O2/c25-21(23-20-11-10-17-8-4-5-9-18(17)12-20)15-24-14-19(13-22(24)26)16-6-2-1-3-7-16/h1-12,19H,13-15H2,(H,23,25)/t19-/m1/s1. The van der Waals surface area contributed by atoms with Gasteiger partial charge in [-0.05, 0) is 28.5 Å². The number of nitrogens with one attached hydrogen (secondary N) is 1. The number of benzene rings is 3. The third-order valence-corrected chi connectivity index (χ3v) is 4.85. The Bertz CT molecular complexity index is 953. The molecule has 0 unspecified atom stereocenters. The Hall–Kier alpha value is -3.14. The number of rotatable bonds is 4. The summed E-state index contributed by atoms with van der Waals surface area (Å²) in [4.78, 5) is 26.3. The van der Waals surface area contributed by atoms with Crippen LogP contribution in [0.1, 0.15) is 17.9 Å². The van der Waals surface area contributed by atoms with Crippen molar-refractivity contribution in [3.8, 4) is 0 Å². The predicted octanol–water partition coefficient (Wildman–Crippen LogP) is 3.79. The topological polar surface area (TPSA) is 49.4 Å². The Morgan fingerprint density at radius 1 is 0.962 bits per heavy atom. The van der Waals surface area contributed by atoms with Gasteiger partial charge in [-0.2, -0.15) is 0 Å². The molecule has 4 heteroatoms. The maximum atomic E-state index is 12.4. The highest BCUT2D eigenvalue weighted by Gasteiger charge is 2.31.